The topological polar surface area (TPSA) is 87.3 Å². The second-order valence-electron chi connectivity index (χ2n) is 6.78. The van der Waals surface area contributed by atoms with Gasteiger partial charge >= 0.3 is 0 Å². The minimum absolute atomic E-state index is 0.0788. The van der Waals surface area contributed by atoms with Crippen molar-refractivity contribution in [1.29, 1.82) is 0 Å². The van der Waals surface area contributed by atoms with Gasteiger partial charge in [-0.25, -0.2) is 4.98 Å². The molecule has 0 saturated heterocycles. The predicted octanol–water partition coefficient (Wildman–Crippen LogP) is 3.47. The van der Waals surface area contributed by atoms with Crippen molar-refractivity contribution >= 4 is 17.3 Å². The van der Waals surface area contributed by atoms with Gasteiger partial charge < -0.3 is 19.9 Å². The van der Waals surface area contributed by atoms with Gasteiger partial charge in [-0.05, 0) is 55.8 Å². The second kappa shape index (κ2) is 9.73. The van der Waals surface area contributed by atoms with Crippen LogP contribution in [0.25, 0.3) is 0 Å². The highest BCUT2D eigenvalue weighted by atomic mass is 16.5. The molecule has 30 heavy (non-hydrogen) atoms. The van der Waals surface area contributed by atoms with Gasteiger partial charge in [0.15, 0.2) is 0 Å². The molecule has 0 aliphatic carbocycles. The lowest BCUT2D eigenvalue weighted by atomic mass is 10.1. The number of benzene rings is 2. The number of carbonyl (C=O) groups excluding carboxylic acids is 1. The summed E-state index contributed by atoms with van der Waals surface area (Å²) in [6, 6.07) is 16.3. The molecule has 0 unspecified atom stereocenters. The number of amides is 1. The highest BCUT2D eigenvalue weighted by molar-refractivity contribution is 6.02. The summed E-state index contributed by atoms with van der Waals surface area (Å²) in [6.45, 7) is 6.02. The maximum absolute atomic E-state index is 12.6. The molecule has 7 nitrogen and oxygen atoms in total. The van der Waals surface area contributed by atoms with Crippen LogP contribution in [0.2, 0.25) is 0 Å². The van der Waals surface area contributed by atoms with Crippen LogP contribution in [0.4, 0.5) is 11.4 Å². The number of methoxy groups -OCH3 is 1. The first-order valence-corrected chi connectivity index (χ1v) is 9.92. The van der Waals surface area contributed by atoms with Crippen molar-refractivity contribution in [2.24, 2.45) is 0 Å². The highest BCUT2D eigenvalue weighted by Crippen LogP contribution is 2.18. The number of carbonyl (C=O) groups is 1. The molecule has 0 spiro atoms. The molecule has 1 aromatic heterocycles. The molecule has 0 aliphatic rings. The molecule has 7 heteroatoms. The highest BCUT2D eigenvalue weighted by Gasteiger charge is 2.12. The molecule has 1 amide bonds. The molecular formula is C23H26N4O3. The summed E-state index contributed by atoms with van der Waals surface area (Å²) in [5.74, 6) is 0.753. The fraction of sp³-hybridized carbons (Fsp3) is 0.261. The molecule has 0 fully saturated rings. The molecule has 0 saturated carbocycles. The van der Waals surface area contributed by atoms with E-state index in [1.165, 1.54) is 6.07 Å². The number of nitrogens with one attached hydrogen (secondary N) is 2. The molecule has 0 aliphatic heterocycles. The van der Waals surface area contributed by atoms with Crippen LogP contribution in [0.1, 0.15) is 35.7 Å². The van der Waals surface area contributed by atoms with Crippen molar-refractivity contribution < 1.29 is 9.53 Å². The minimum atomic E-state index is -0.423. The van der Waals surface area contributed by atoms with Gasteiger partial charge in [0.2, 0.25) is 0 Å². The Hall–Kier alpha value is -3.61. The molecule has 3 rings (SSSR count). The van der Waals surface area contributed by atoms with Crippen LogP contribution in [0, 0.1) is 0 Å². The molecule has 2 N–H and O–H groups in total. The van der Waals surface area contributed by atoms with Crippen LogP contribution in [0.3, 0.4) is 0 Å². The fourth-order valence-electron chi connectivity index (χ4n) is 3.18. The number of aromatic nitrogens is 2. The van der Waals surface area contributed by atoms with Gasteiger partial charge in [-0.2, -0.15) is 0 Å². The van der Waals surface area contributed by atoms with Crippen LogP contribution < -0.4 is 20.5 Å². The van der Waals surface area contributed by atoms with Crippen LogP contribution in [-0.4, -0.2) is 36.1 Å². The van der Waals surface area contributed by atoms with E-state index in [0.29, 0.717) is 17.9 Å². The average Bonchev–Trinajstić information content (AvgIpc) is 2.76. The Bertz CT molecular complexity index is 1040. The van der Waals surface area contributed by atoms with E-state index in [0.717, 1.165) is 30.1 Å². The summed E-state index contributed by atoms with van der Waals surface area (Å²) in [6.07, 6.45) is 0.402. The lowest BCUT2D eigenvalue weighted by Crippen LogP contribution is -2.22. The second-order valence-corrected chi connectivity index (χ2v) is 6.78. The van der Waals surface area contributed by atoms with Gasteiger partial charge in [0, 0.05) is 37.0 Å². The molecule has 1 heterocycles. The van der Waals surface area contributed by atoms with Gasteiger partial charge in [0.1, 0.15) is 17.3 Å². The number of rotatable bonds is 8. The van der Waals surface area contributed by atoms with E-state index in [1.54, 1.807) is 7.11 Å². The Morgan fingerprint density at radius 1 is 1.07 bits per heavy atom. The van der Waals surface area contributed by atoms with Crippen molar-refractivity contribution in [2.75, 3.05) is 30.4 Å². The maximum Gasteiger partial charge on any atom is 0.274 e. The molecular weight excluding hydrogens is 380 g/mol. The van der Waals surface area contributed by atoms with Crippen molar-refractivity contribution in [3.05, 3.63) is 82.0 Å². The number of H-pyrrole nitrogens is 1. The first-order chi connectivity index (χ1) is 14.5. The number of nitrogens with zero attached hydrogens (tertiary/aromatic N) is 2. The Labute approximate surface area is 175 Å². The zero-order chi connectivity index (χ0) is 21.5. The van der Waals surface area contributed by atoms with E-state index in [4.69, 9.17) is 4.74 Å². The molecule has 156 valence electrons. The number of hydrogen-bond acceptors (Lipinski definition) is 5. The van der Waals surface area contributed by atoms with E-state index >= 15 is 0 Å². The summed E-state index contributed by atoms with van der Waals surface area (Å²) in [7, 11) is 1.60. The standard InChI is InChI=1S/C23H26N4O3/c1-4-27(5-2)18-10-8-17(9-11-18)24-23(29)20-15-22(28)26-21(25-20)14-16-6-12-19(30-3)13-7-16/h6-13,15H,4-5,14H2,1-3H3,(H,24,29)(H,25,26,28). The molecule has 0 radical (unpaired) electrons. The normalized spacial score (nSPS) is 10.5. The average molecular weight is 406 g/mol. The van der Waals surface area contributed by atoms with Crippen molar-refractivity contribution in [1.82, 2.24) is 9.97 Å². The number of aromatic amines is 1. The van der Waals surface area contributed by atoms with Crippen LogP contribution in [0.15, 0.2) is 59.4 Å². The zero-order valence-corrected chi connectivity index (χ0v) is 17.4. The lowest BCUT2D eigenvalue weighted by molar-refractivity contribution is 0.102. The third-order valence-electron chi connectivity index (χ3n) is 4.81. The van der Waals surface area contributed by atoms with Crippen LogP contribution in [-0.2, 0) is 6.42 Å². The van der Waals surface area contributed by atoms with Gasteiger partial charge in [0.25, 0.3) is 11.5 Å². The Morgan fingerprint density at radius 2 is 1.73 bits per heavy atom. The fourth-order valence-corrected chi connectivity index (χ4v) is 3.18. The van der Waals surface area contributed by atoms with Crippen LogP contribution >= 0.6 is 0 Å². The van der Waals surface area contributed by atoms with Crippen LogP contribution in [0.5, 0.6) is 5.75 Å². The lowest BCUT2D eigenvalue weighted by Gasteiger charge is -2.21. The minimum Gasteiger partial charge on any atom is -0.497 e. The Morgan fingerprint density at radius 3 is 2.33 bits per heavy atom. The molecule has 3 aromatic rings. The number of hydrogen-bond donors (Lipinski definition) is 2. The van der Waals surface area contributed by atoms with Gasteiger partial charge in [-0.15, -0.1) is 0 Å². The Kier molecular flexibility index (Phi) is 6.85. The van der Waals surface area contributed by atoms with Crippen molar-refractivity contribution in [2.45, 2.75) is 20.3 Å². The summed E-state index contributed by atoms with van der Waals surface area (Å²) in [5.41, 5.74) is 2.40. The third-order valence-corrected chi connectivity index (χ3v) is 4.81. The van der Waals surface area contributed by atoms with E-state index in [2.05, 4.69) is 34.0 Å². The third kappa shape index (κ3) is 5.26. The number of anilines is 2. The smallest absolute Gasteiger partial charge is 0.274 e. The van der Waals surface area contributed by atoms with E-state index in [9.17, 15) is 9.59 Å². The largest absolute Gasteiger partial charge is 0.497 e. The van der Waals surface area contributed by atoms with Gasteiger partial charge in [-0.1, -0.05) is 12.1 Å². The quantitative estimate of drug-likeness (QED) is 0.598. The van der Waals surface area contributed by atoms with E-state index < -0.39 is 5.91 Å². The summed E-state index contributed by atoms with van der Waals surface area (Å²) in [4.78, 5) is 33.9. The number of ether oxygens (including phenoxy) is 1. The monoisotopic (exact) mass is 406 g/mol. The van der Waals surface area contributed by atoms with E-state index in [1.807, 2.05) is 48.5 Å². The molecule has 2 aromatic carbocycles. The summed E-state index contributed by atoms with van der Waals surface area (Å²) in [5, 5.41) is 2.80. The van der Waals surface area contributed by atoms with E-state index in [-0.39, 0.29) is 11.3 Å². The van der Waals surface area contributed by atoms with Gasteiger partial charge in [-0.3, -0.25) is 9.59 Å². The molecule has 0 bridgehead atoms. The summed E-state index contributed by atoms with van der Waals surface area (Å²) >= 11 is 0. The Balaban J connectivity index is 1.73. The predicted molar refractivity (Wildman–Crippen MR) is 119 cm³/mol. The maximum atomic E-state index is 12.6. The van der Waals surface area contributed by atoms with Gasteiger partial charge in [0.05, 0.1) is 7.11 Å². The SMILES string of the molecule is CCN(CC)c1ccc(NC(=O)c2cc(=O)[nH]c(Cc3ccc(OC)cc3)n2)cc1. The van der Waals surface area contributed by atoms with Crippen molar-refractivity contribution in [3.8, 4) is 5.75 Å². The zero-order valence-electron chi connectivity index (χ0n) is 17.4. The van der Waals surface area contributed by atoms with Crippen molar-refractivity contribution in [3.63, 3.8) is 0 Å². The first kappa shape index (κ1) is 21.1. The summed E-state index contributed by atoms with van der Waals surface area (Å²) < 4.78 is 5.15. The first-order valence-electron chi connectivity index (χ1n) is 9.92. The molecule has 0 atom stereocenters.